The van der Waals surface area contributed by atoms with Gasteiger partial charge < -0.3 is 10.1 Å². The number of piperazine rings is 1. The number of hydrogen-bond donors (Lipinski definition) is 1. The summed E-state index contributed by atoms with van der Waals surface area (Å²) in [6.45, 7) is 9.46. The van der Waals surface area contributed by atoms with E-state index >= 15 is 0 Å². The molecule has 0 spiro atoms. The maximum absolute atomic E-state index is 5.55. The summed E-state index contributed by atoms with van der Waals surface area (Å²) in [7, 11) is 0. The monoisotopic (exact) mass is 234 g/mol. The Hall–Kier alpha value is -1.06. The molecule has 0 aliphatic carbocycles. The molecule has 1 aromatic carbocycles. The molecule has 3 nitrogen and oxygen atoms in total. The van der Waals surface area contributed by atoms with Crippen LogP contribution in [0, 0.1) is 0 Å². The number of ether oxygens (including phenoxy) is 1. The number of hydrogen-bond acceptors (Lipinski definition) is 3. The fourth-order valence-corrected chi connectivity index (χ4v) is 2.31. The maximum Gasteiger partial charge on any atom is 0.119 e. The van der Waals surface area contributed by atoms with Gasteiger partial charge in [0.2, 0.25) is 0 Å². The highest BCUT2D eigenvalue weighted by Crippen LogP contribution is 2.24. The van der Waals surface area contributed by atoms with Crippen LogP contribution >= 0.6 is 0 Å². The Kier molecular flexibility index (Phi) is 4.40. The first-order chi connectivity index (χ1) is 8.31. The average molecular weight is 234 g/mol. The maximum atomic E-state index is 5.55. The van der Waals surface area contributed by atoms with E-state index in [-0.39, 0.29) is 0 Å². The summed E-state index contributed by atoms with van der Waals surface area (Å²) in [4.78, 5) is 2.52. The Morgan fingerprint density at radius 3 is 2.82 bits per heavy atom. The van der Waals surface area contributed by atoms with Crippen LogP contribution in [0.2, 0.25) is 0 Å². The van der Waals surface area contributed by atoms with Crippen LogP contribution in [0.15, 0.2) is 24.3 Å². The van der Waals surface area contributed by atoms with E-state index in [1.807, 2.05) is 13.0 Å². The third-order valence-corrected chi connectivity index (χ3v) is 3.35. The molecule has 1 N–H and O–H groups in total. The van der Waals surface area contributed by atoms with Crippen LogP contribution in [0.1, 0.15) is 25.5 Å². The van der Waals surface area contributed by atoms with Crippen molar-refractivity contribution in [2.75, 3.05) is 32.8 Å². The molecule has 0 amide bonds. The molecule has 2 rings (SSSR count). The van der Waals surface area contributed by atoms with Gasteiger partial charge in [0.05, 0.1) is 6.61 Å². The third kappa shape index (κ3) is 3.20. The molecule has 0 unspecified atom stereocenters. The van der Waals surface area contributed by atoms with Crippen molar-refractivity contribution in [3.05, 3.63) is 29.8 Å². The first-order valence-corrected chi connectivity index (χ1v) is 6.49. The van der Waals surface area contributed by atoms with Crippen molar-refractivity contribution in [3.8, 4) is 5.75 Å². The van der Waals surface area contributed by atoms with Gasteiger partial charge in [-0.15, -0.1) is 0 Å². The number of benzene rings is 1. The lowest BCUT2D eigenvalue weighted by molar-refractivity contribution is 0.185. The van der Waals surface area contributed by atoms with Gasteiger partial charge in [0, 0.05) is 32.2 Å². The van der Waals surface area contributed by atoms with Crippen LogP contribution in [-0.2, 0) is 0 Å². The molecule has 1 atom stereocenters. The van der Waals surface area contributed by atoms with Crippen LogP contribution in [-0.4, -0.2) is 37.7 Å². The normalized spacial score (nSPS) is 18.9. The molecule has 1 aliphatic rings. The topological polar surface area (TPSA) is 24.5 Å². The minimum absolute atomic E-state index is 0.470. The fourth-order valence-electron chi connectivity index (χ4n) is 2.31. The molecule has 1 fully saturated rings. The first kappa shape index (κ1) is 12.4. The molecule has 1 aromatic rings. The Bertz CT molecular complexity index is 348. The molecular weight excluding hydrogens is 212 g/mol. The van der Waals surface area contributed by atoms with Crippen molar-refractivity contribution >= 4 is 0 Å². The predicted molar refractivity (Wildman–Crippen MR) is 70.5 cm³/mol. The summed E-state index contributed by atoms with van der Waals surface area (Å²) in [6, 6.07) is 8.93. The molecule has 1 saturated heterocycles. The van der Waals surface area contributed by atoms with E-state index in [0.717, 1.165) is 38.5 Å². The first-order valence-electron chi connectivity index (χ1n) is 6.49. The SMILES string of the molecule is CCOc1cccc([C@@H](C)N2CCNCC2)c1. The van der Waals surface area contributed by atoms with E-state index < -0.39 is 0 Å². The Balaban J connectivity index is 2.06. The summed E-state index contributed by atoms with van der Waals surface area (Å²) in [5.74, 6) is 0.979. The molecule has 3 heteroatoms. The van der Waals surface area contributed by atoms with E-state index in [4.69, 9.17) is 4.74 Å². The van der Waals surface area contributed by atoms with E-state index in [0.29, 0.717) is 6.04 Å². The zero-order valence-electron chi connectivity index (χ0n) is 10.8. The van der Waals surface area contributed by atoms with E-state index in [9.17, 15) is 0 Å². The summed E-state index contributed by atoms with van der Waals surface area (Å²) in [5.41, 5.74) is 1.35. The van der Waals surface area contributed by atoms with Crippen molar-refractivity contribution in [3.63, 3.8) is 0 Å². The summed E-state index contributed by atoms with van der Waals surface area (Å²) < 4.78 is 5.55. The molecule has 0 saturated carbocycles. The number of nitrogens with zero attached hydrogens (tertiary/aromatic N) is 1. The van der Waals surface area contributed by atoms with E-state index in [1.54, 1.807) is 0 Å². The highest BCUT2D eigenvalue weighted by molar-refractivity contribution is 5.30. The van der Waals surface area contributed by atoms with Gasteiger partial charge in [-0.05, 0) is 31.5 Å². The van der Waals surface area contributed by atoms with Crippen LogP contribution in [0.4, 0.5) is 0 Å². The van der Waals surface area contributed by atoms with Crippen molar-refractivity contribution in [2.45, 2.75) is 19.9 Å². The molecule has 17 heavy (non-hydrogen) atoms. The molecule has 0 radical (unpaired) electrons. The van der Waals surface area contributed by atoms with Gasteiger partial charge in [-0.25, -0.2) is 0 Å². The number of nitrogens with one attached hydrogen (secondary N) is 1. The highest BCUT2D eigenvalue weighted by Gasteiger charge is 2.17. The second kappa shape index (κ2) is 6.03. The fraction of sp³-hybridized carbons (Fsp3) is 0.571. The van der Waals surface area contributed by atoms with Crippen molar-refractivity contribution < 1.29 is 4.74 Å². The molecule has 1 heterocycles. The van der Waals surface area contributed by atoms with Gasteiger partial charge in [0.25, 0.3) is 0 Å². The van der Waals surface area contributed by atoms with Crippen LogP contribution in [0.5, 0.6) is 5.75 Å². The van der Waals surface area contributed by atoms with Gasteiger partial charge >= 0.3 is 0 Å². The van der Waals surface area contributed by atoms with Gasteiger partial charge in [0.15, 0.2) is 0 Å². The van der Waals surface area contributed by atoms with Crippen LogP contribution in [0.3, 0.4) is 0 Å². The zero-order valence-corrected chi connectivity index (χ0v) is 10.8. The average Bonchev–Trinajstić information content (AvgIpc) is 2.40. The molecule has 1 aliphatic heterocycles. The molecular formula is C14H22N2O. The van der Waals surface area contributed by atoms with Crippen LogP contribution in [0.25, 0.3) is 0 Å². The van der Waals surface area contributed by atoms with Crippen LogP contribution < -0.4 is 10.1 Å². The van der Waals surface area contributed by atoms with Gasteiger partial charge in [-0.3, -0.25) is 4.90 Å². The lowest BCUT2D eigenvalue weighted by atomic mass is 10.1. The number of rotatable bonds is 4. The van der Waals surface area contributed by atoms with Crippen molar-refractivity contribution in [2.24, 2.45) is 0 Å². The van der Waals surface area contributed by atoms with Gasteiger partial charge in [0.1, 0.15) is 5.75 Å². The molecule has 0 aromatic heterocycles. The van der Waals surface area contributed by atoms with Crippen molar-refractivity contribution in [1.82, 2.24) is 10.2 Å². The van der Waals surface area contributed by atoms with Gasteiger partial charge in [-0.1, -0.05) is 12.1 Å². The minimum atomic E-state index is 0.470. The largest absolute Gasteiger partial charge is 0.494 e. The van der Waals surface area contributed by atoms with E-state index in [1.165, 1.54) is 5.56 Å². The summed E-state index contributed by atoms with van der Waals surface area (Å²) >= 11 is 0. The summed E-state index contributed by atoms with van der Waals surface area (Å²) in [5, 5.41) is 3.39. The van der Waals surface area contributed by atoms with Crippen molar-refractivity contribution in [1.29, 1.82) is 0 Å². The highest BCUT2D eigenvalue weighted by atomic mass is 16.5. The Morgan fingerprint density at radius 2 is 2.12 bits per heavy atom. The quantitative estimate of drug-likeness (QED) is 0.863. The predicted octanol–water partition coefficient (Wildman–Crippen LogP) is 2.05. The Morgan fingerprint density at radius 1 is 1.35 bits per heavy atom. The smallest absolute Gasteiger partial charge is 0.119 e. The standard InChI is InChI=1S/C14H22N2O/c1-3-17-14-6-4-5-13(11-14)12(2)16-9-7-15-8-10-16/h4-6,11-12,15H,3,7-10H2,1-2H3/t12-/m1/s1. The lowest BCUT2D eigenvalue weighted by Gasteiger charge is -2.33. The molecule has 94 valence electrons. The summed E-state index contributed by atoms with van der Waals surface area (Å²) in [6.07, 6.45) is 0. The van der Waals surface area contributed by atoms with E-state index in [2.05, 4.69) is 35.3 Å². The second-order valence-electron chi connectivity index (χ2n) is 4.47. The Labute approximate surface area is 104 Å². The van der Waals surface area contributed by atoms with Gasteiger partial charge in [-0.2, -0.15) is 0 Å². The zero-order chi connectivity index (χ0) is 12.1. The minimum Gasteiger partial charge on any atom is -0.494 e. The molecule has 0 bridgehead atoms. The third-order valence-electron chi connectivity index (χ3n) is 3.35. The second-order valence-corrected chi connectivity index (χ2v) is 4.47. The lowest BCUT2D eigenvalue weighted by Crippen LogP contribution is -2.44.